The van der Waals surface area contributed by atoms with Crippen molar-refractivity contribution in [2.24, 2.45) is 0 Å². The summed E-state index contributed by atoms with van der Waals surface area (Å²) in [6.07, 6.45) is 1.68. The Morgan fingerprint density at radius 3 is 2.63 bits per heavy atom. The maximum absolute atomic E-state index is 12.3. The van der Waals surface area contributed by atoms with Crippen LogP contribution in [0.15, 0.2) is 34.9 Å². The van der Waals surface area contributed by atoms with E-state index in [0.29, 0.717) is 5.56 Å². The fourth-order valence-electron chi connectivity index (χ4n) is 1.98. The Hall–Kier alpha value is -1.68. The molecule has 3 nitrogen and oxygen atoms in total. The summed E-state index contributed by atoms with van der Waals surface area (Å²) in [4.78, 5) is 16.4. The van der Waals surface area contributed by atoms with Crippen LogP contribution in [0.2, 0.25) is 0 Å². The second-order valence-corrected chi connectivity index (χ2v) is 5.38. The lowest BCUT2D eigenvalue weighted by molar-refractivity contribution is 0.102. The summed E-state index contributed by atoms with van der Waals surface area (Å²) in [7, 11) is 0. The largest absolute Gasteiger partial charge is 0.321 e. The molecule has 4 heteroatoms. The zero-order valence-electron chi connectivity index (χ0n) is 11.1. The van der Waals surface area contributed by atoms with Gasteiger partial charge in [0.2, 0.25) is 0 Å². The van der Waals surface area contributed by atoms with Crippen molar-refractivity contribution in [1.82, 2.24) is 4.98 Å². The SMILES string of the molecule is Cc1cc(C)c(NC(=O)c2cccnc2C)c(Br)c1. The van der Waals surface area contributed by atoms with Crippen molar-refractivity contribution >= 4 is 27.5 Å². The van der Waals surface area contributed by atoms with E-state index >= 15 is 0 Å². The van der Waals surface area contributed by atoms with Gasteiger partial charge in [0.25, 0.3) is 5.91 Å². The first-order valence-electron chi connectivity index (χ1n) is 5.98. The first kappa shape index (κ1) is 13.7. The summed E-state index contributed by atoms with van der Waals surface area (Å²) in [5, 5.41) is 2.94. The molecule has 1 heterocycles. The quantitative estimate of drug-likeness (QED) is 0.908. The number of carbonyl (C=O) groups excluding carboxylic acids is 1. The van der Waals surface area contributed by atoms with E-state index in [1.165, 1.54) is 0 Å². The number of pyridine rings is 1. The molecule has 0 bridgehead atoms. The summed E-state index contributed by atoms with van der Waals surface area (Å²) < 4.78 is 0.889. The summed E-state index contributed by atoms with van der Waals surface area (Å²) >= 11 is 3.49. The molecule has 0 unspecified atom stereocenters. The summed E-state index contributed by atoms with van der Waals surface area (Å²) in [5.74, 6) is -0.141. The fourth-order valence-corrected chi connectivity index (χ4v) is 2.75. The Morgan fingerprint density at radius 2 is 2.00 bits per heavy atom. The number of anilines is 1. The van der Waals surface area contributed by atoms with Crippen LogP contribution in [-0.4, -0.2) is 10.9 Å². The van der Waals surface area contributed by atoms with Crippen molar-refractivity contribution in [1.29, 1.82) is 0 Å². The zero-order chi connectivity index (χ0) is 14.0. The monoisotopic (exact) mass is 318 g/mol. The zero-order valence-corrected chi connectivity index (χ0v) is 12.7. The predicted molar refractivity (Wildman–Crippen MR) is 80.5 cm³/mol. The molecule has 0 saturated heterocycles. The van der Waals surface area contributed by atoms with Crippen LogP contribution in [0.3, 0.4) is 0 Å². The third-order valence-electron chi connectivity index (χ3n) is 2.92. The lowest BCUT2D eigenvalue weighted by Gasteiger charge is -2.12. The highest BCUT2D eigenvalue weighted by atomic mass is 79.9. The maximum atomic E-state index is 12.3. The van der Waals surface area contributed by atoms with Gasteiger partial charge in [-0.1, -0.05) is 6.07 Å². The van der Waals surface area contributed by atoms with Crippen LogP contribution < -0.4 is 5.32 Å². The number of nitrogens with one attached hydrogen (secondary N) is 1. The number of rotatable bonds is 2. The molecule has 2 rings (SSSR count). The van der Waals surface area contributed by atoms with Crippen molar-refractivity contribution < 1.29 is 4.79 Å². The van der Waals surface area contributed by atoms with Crippen LogP contribution in [0.25, 0.3) is 0 Å². The predicted octanol–water partition coefficient (Wildman–Crippen LogP) is 4.02. The molecular weight excluding hydrogens is 304 g/mol. The van der Waals surface area contributed by atoms with E-state index in [-0.39, 0.29) is 5.91 Å². The van der Waals surface area contributed by atoms with Crippen LogP contribution in [0.1, 0.15) is 27.2 Å². The molecule has 98 valence electrons. The fraction of sp³-hybridized carbons (Fsp3) is 0.200. The molecule has 0 radical (unpaired) electrons. The molecule has 1 aromatic carbocycles. The van der Waals surface area contributed by atoms with Crippen LogP contribution in [-0.2, 0) is 0 Å². The van der Waals surface area contributed by atoms with Crippen molar-refractivity contribution in [2.75, 3.05) is 5.32 Å². The van der Waals surface area contributed by atoms with Gasteiger partial charge in [0.1, 0.15) is 0 Å². The number of benzene rings is 1. The topological polar surface area (TPSA) is 42.0 Å². The maximum Gasteiger partial charge on any atom is 0.257 e. The van der Waals surface area contributed by atoms with E-state index in [9.17, 15) is 4.79 Å². The number of nitrogens with zero attached hydrogens (tertiary/aromatic N) is 1. The molecule has 1 aromatic heterocycles. The average Bonchev–Trinajstić information content (AvgIpc) is 2.34. The molecule has 0 aliphatic rings. The van der Waals surface area contributed by atoms with E-state index < -0.39 is 0 Å². The van der Waals surface area contributed by atoms with Gasteiger partial charge >= 0.3 is 0 Å². The Kier molecular flexibility index (Phi) is 4.00. The van der Waals surface area contributed by atoms with Gasteiger partial charge in [0.15, 0.2) is 0 Å². The summed E-state index contributed by atoms with van der Waals surface area (Å²) in [6, 6.07) is 7.56. The normalized spacial score (nSPS) is 10.3. The number of aromatic nitrogens is 1. The molecule has 0 saturated carbocycles. The summed E-state index contributed by atoms with van der Waals surface area (Å²) in [6.45, 7) is 5.82. The van der Waals surface area contributed by atoms with Crippen molar-refractivity contribution in [3.05, 3.63) is 57.3 Å². The van der Waals surface area contributed by atoms with E-state index in [0.717, 1.165) is 27.0 Å². The third-order valence-corrected chi connectivity index (χ3v) is 3.55. The molecule has 1 N–H and O–H groups in total. The molecule has 0 aliphatic carbocycles. The third kappa shape index (κ3) is 3.01. The Balaban J connectivity index is 2.32. The van der Waals surface area contributed by atoms with Gasteiger partial charge in [-0.2, -0.15) is 0 Å². The average molecular weight is 319 g/mol. The van der Waals surface area contributed by atoms with Gasteiger partial charge in [-0.3, -0.25) is 9.78 Å². The highest BCUT2D eigenvalue weighted by Crippen LogP contribution is 2.28. The minimum Gasteiger partial charge on any atom is -0.321 e. The smallest absolute Gasteiger partial charge is 0.257 e. The van der Waals surface area contributed by atoms with Crippen molar-refractivity contribution in [3.8, 4) is 0 Å². The van der Waals surface area contributed by atoms with Gasteiger partial charge in [-0.25, -0.2) is 0 Å². The molecule has 2 aromatic rings. The van der Waals surface area contributed by atoms with Crippen molar-refractivity contribution in [3.63, 3.8) is 0 Å². The molecule has 19 heavy (non-hydrogen) atoms. The first-order chi connectivity index (χ1) is 8.99. The van der Waals surface area contributed by atoms with Crippen LogP contribution in [0.5, 0.6) is 0 Å². The number of halogens is 1. The van der Waals surface area contributed by atoms with E-state index in [2.05, 4.69) is 26.2 Å². The second-order valence-electron chi connectivity index (χ2n) is 4.53. The molecule has 0 spiro atoms. The van der Waals surface area contributed by atoms with Gasteiger partial charge in [-0.15, -0.1) is 0 Å². The Bertz CT molecular complexity index is 615. The molecular formula is C15H15BrN2O. The number of hydrogen-bond donors (Lipinski definition) is 1. The highest BCUT2D eigenvalue weighted by Gasteiger charge is 2.13. The first-order valence-corrected chi connectivity index (χ1v) is 6.78. The second kappa shape index (κ2) is 5.53. The lowest BCUT2D eigenvalue weighted by Crippen LogP contribution is -2.15. The molecule has 1 amide bonds. The molecule has 0 fully saturated rings. The van der Waals surface area contributed by atoms with Gasteiger partial charge in [0, 0.05) is 16.4 Å². The van der Waals surface area contributed by atoms with Crippen LogP contribution in [0, 0.1) is 20.8 Å². The molecule has 0 atom stereocenters. The van der Waals surface area contributed by atoms with E-state index in [1.807, 2.05) is 32.9 Å². The van der Waals surface area contributed by atoms with Gasteiger partial charge in [0.05, 0.1) is 11.3 Å². The minimum atomic E-state index is -0.141. The summed E-state index contributed by atoms with van der Waals surface area (Å²) in [5.41, 5.74) is 4.30. The number of hydrogen-bond acceptors (Lipinski definition) is 2. The highest BCUT2D eigenvalue weighted by molar-refractivity contribution is 9.10. The van der Waals surface area contributed by atoms with Crippen LogP contribution >= 0.6 is 15.9 Å². The van der Waals surface area contributed by atoms with Crippen LogP contribution in [0.4, 0.5) is 5.69 Å². The number of amides is 1. The minimum absolute atomic E-state index is 0.141. The van der Waals surface area contributed by atoms with E-state index in [4.69, 9.17) is 0 Å². The van der Waals surface area contributed by atoms with Gasteiger partial charge < -0.3 is 5.32 Å². The Labute approximate surface area is 121 Å². The van der Waals surface area contributed by atoms with Gasteiger partial charge in [-0.05, 0) is 66.0 Å². The standard InChI is InChI=1S/C15H15BrN2O/c1-9-7-10(2)14(13(16)8-9)18-15(19)12-5-4-6-17-11(12)3/h4-8H,1-3H3,(H,18,19). The van der Waals surface area contributed by atoms with Crippen molar-refractivity contribution in [2.45, 2.75) is 20.8 Å². The lowest BCUT2D eigenvalue weighted by atomic mass is 10.1. The number of aryl methyl sites for hydroxylation is 3. The Morgan fingerprint density at radius 1 is 1.26 bits per heavy atom. The van der Waals surface area contributed by atoms with E-state index in [1.54, 1.807) is 18.3 Å². The molecule has 0 aliphatic heterocycles. The number of carbonyl (C=O) groups is 1.